The van der Waals surface area contributed by atoms with Gasteiger partial charge in [-0.25, -0.2) is 0 Å². The van der Waals surface area contributed by atoms with E-state index in [1.807, 2.05) is 92.7 Å². The second kappa shape index (κ2) is 12.7. The Bertz CT molecular complexity index is 1110. The van der Waals surface area contributed by atoms with E-state index >= 15 is 0 Å². The maximum atomic E-state index is 13.6. The molecule has 3 aromatic carbocycles. The minimum absolute atomic E-state index is 0.141. The minimum Gasteiger partial charge on any atom is -0.484 e. The third-order valence-electron chi connectivity index (χ3n) is 5.74. The molecule has 0 unspecified atom stereocenters. The lowest BCUT2D eigenvalue weighted by atomic mass is 10.0. The molecule has 184 valence electrons. The fourth-order valence-corrected chi connectivity index (χ4v) is 3.92. The number of nitrogens with one attached hydrogen (secondary N) is 1. The number of rotatable bonds is 11. The molecule has 0 aliphatic heterocycles. The monoisotopic (exact) mass is 472 g/mol. The zero-order valence-electron chi connectivity index (χ0n) is 21.2. The maximum Gasteiger partial charge on any atom is 0.261 e. The van der Waals surface area contributed by atoms with Crippen LogP contribution >= 0.6 is 0 Å². The van der Waals surface area contributed by atoms with Crippen molar-refractivity contribution < 1.29 is 14.3 Å². The molecule has 0 aliphatic rings. The van der Waals surface area contributed by atoms with Crippen molar-refractivity contribution in [2.75, 3.05) is 13.2 Å². The summed E-state index contributed by atoms with van der Waals surface area (Å²) in [5, 5.41) is 3.04. The third kappa shape index (κ3) is 8.29. The molecule has 0 bridgehead atoms. The van der Waals surface area contributed by atoms with Crippen LogP contribution in [0.5, 0.6) is 5.75 Å². The van der Waals surface area contributed by atoms with Crippen molar-refractivity contribution in [3.05, 3.63) is 101 Å². The Morgan fingerprint density at radius 3 is 2.17 bits per heavy atom. The maximum absolute atomic E-state index is 13.6. The van der Waals surface area contributed by atoms with Crippen LogP contribution in [0.3, 0.4) is 0 Å². The van der Waals surface area contributed by atoms with Gasteiger partial charge in [0.2, 0.25) is 5.91 Å². The summed E-state index contributed by atoms with van der Waals surface area (Å²) in [5.41, 5.74) is 4.14. The molecule has 0 aliphatic carbocycles. The third-order valence-corrected chi connectivity index (χ3v) is 5.74. The van der Waals surface area contributed by atoms with Gasteiger partial charge in [-0.3, -0.25) is 9.59 Å². The summed E-state index contributed by atoms with van der Waals surface area (Å²) in [6.45, 7) is 8.84. The summed E-state index contributed by atoms with van der Waals surface area (Å²) in [4.78, 5) is 28.7. The van der Waals surface area contributed by atoms with Gasteiger partial charge in [0, 0.05) is 19.5 Å². The number of benzene rings is 3. The number of carbonyl (C=O) groups excluding carboxylic acids is 2. The van der Waals surface area contributed by atoms with Gasteiger partial charge < -0.3 is 15.0 Å². The summed E-state index contributed by atoms with van der Waals surface area (Å²) in [7, 11) is 0. The van der Waals surface area contributed by atoms with Crippen molar-refractivity contribution in [1.82, 2.24) is 10.2 Å². The summed E-state index contributed by atoms with van der Waals surface area (Å²) in [6, 6.07) is 24.8. The molecule has 1 atom stereocenters. The molecule has 0 fully saturated rings. The number of ether oxygens (including phenoxy) is 1. The van der Waals surface area contributed by atoms with E-state index in [1.165, 1.54) is 0 Å². The van der Waals surface area contributed by atoms with E-state index < -0.39 is 6.04 Å². The van der Waals surface area contributed by atoms with Gasteiger partial charge in [0.15, 0.2) is 6.61 Å². The molecular weight excluding hydrogens is 436 g/mol. The van der Waals surface area contributed by atoms with Crippen LogP contribution in [0.15, 0.2) is 78.9 Å². The fourth-order valence-electron chi connectivity index (χ4n) is 3.92. The van der Waals surface area contributed by atoms with E-state index in [4.69, 9.17) is 4.74 Å². The first kappa shape index (κ1) is 26.0. The van der Waals surface area contributed by atoms with E-state index in [-0.39, 0.29) is 18.4 Å². The van der Waals surface area contributed by atoms with Crippen LogP contribution in [0.1, 0.15) is 36.1 Å². The van der Waals surface area contributed by atoms with Gasteiger partial charge >= 0.3 is 0 Å². The smallest absolute Gasteiger partial charge is 0.261 e. The number of aryl methyl sites for hydroxylation is 2. The van der Waals surface area contributed by atoms with Crippen LogP contribution in [0.2, 0.25) is 0 Å². The largest absolute Gasteiger partial charge is 0.484 e. The zero-order chi connectivity index (χ0) is 25.2. The van der Waals surface area contributed by atoms with Gasteiger partial charge in [-0.15, -0.1) is 0 Å². The van der Waals surface area contributed by atoms with Crippen LogP contribution in [-0.4, -0.2) is 35.9 Å². The molecule has 5 heteroatoms. The van der Waals surface area contributed by atoms with Crippen molar-refractivity contribution in [3.63, 3.8) is 0 Å². The summed E-state index contributed by atoms with van der Waals surface area (Å²) in [5.74, 6) is 0.562. The second-order valence-electron chi connectivity index (χ2n) is 9.46. The number of nitrogens with zero attached hydrogens (tertiary/aromatic N) is 1. The van der Waals surface area contributed by atoms with E-state index in [2.05, 4.69) is 19.2 Å². The fraction of sp³-hybridized carbons (Fsp3) is 0.333. The molecule has 3 aromatic rings. The molecule has 1 N–H and O–H groups in total. The van der Waals surface area contributed by atoms with Crippen LogP contribution < -0.4 is 10.1 Å². The van der Waals surface area contributed by atoms with Crippen LogP contribution in [0, 0.1) is 19.8 Å². The number of carbonyl (C=O) groups is 2. The first-order chi connectivity index (χ1) is 16.8. The Labute approximate surface area is 209 Å². The topological polar surface area (TPSA) is 58.6 Å². The number of hydrogen-bond donors (Lipinski definition) is 1. The van der Waals surface area contributed by atoms with Crippen LogP contribution in [0.4, 0.5) is 0 Å². The molecule has 0 spiro atoms. The quantitative estimate of drug-likeness (QED) is 0.423. The molecule has 0 saturated carbocycles. The summed E-state index contributed by atoms with van der Waals surface area (Å²) < 4.78 is 5.85. The molecule has 0 saturated heterocycles. The average Bonchev–Trinajstić information content (AvgIpc) is 2.84. The van der Waals surface area contributed by atoms with Crippen molar-refractivity contribution in [2.24, 2.45) is 5.92 Å². The average molecular weight is 473 g/mol. The van der Waals surface area contributed by atoms with Crippen LogP contribution in [-0.2, 0) is 22.6 Å². The Hall–Kier alpha value is -3.60. The minimum atomic E-state index is -0.662. The lowest BCUT2D eigenvalue weighted by Gasteiger charge is -2.32. The van der Waals surface area contributed by atoms with E-state index in [0.29, 0.717) is 31.2 Å². The molecule has 0 aromatic heterocycles. The van der Waals surface area contributed by atoms with Crippen molar-refractivity contribution in [3.8, 4) is 5.75 Å². The van der Waals surface area contributed by atoms with Crippen molar-refractivity contribution in [2.45, 2.75) is 46.7 Å². The van der Waals surface area contributed by atoms with Crippen LogP contribution in [0.25, 0.3) is 0 Å². The van der Waals surface area contributed by atoms with Crippen molar-refractivity contribution in [1.29, 1.82) is 0 Å². The first-order valence-electron chi connectivity index (χ1n) is 12.2. The van der Waals surface area contributed by atoms with Crippen molar-refractivity contribution >= 4 is 11.8 Å². The Balaban J connectivity index is 1.90. The summed E-state index contributed by atoms with van der Waals surface area (Å²) >= 11 is 0. The van der Waals surface area contributed by atoms with E-state index in [9.17, 15) is 9.59 Å². The molecule has 0 heterocycles. The second-order valence-corrected chi connectivity index (χ2v) is 9.46. The molecular formula is C30H36N2O3. The van der Waals surface area contributed by atoms with Gasteiger partial charge in [0.05, 0.1) is 0 Å². The van der Waals surface area contributed by atoms with Gasteiger partial charge in [-0.1, -0.05) is 86.1 Å². The van der Waals surface area contributed by atoms with E-state index in [0.717, 1.165) is 22.3 Å². The normalized spacial score (nSPS) is 11.7. The van der Waals surface area contributed by atoms with Gasteiger partial charge in [-0.05, 0) is 48.6 Å². The highest BCUT2D eigenvalue weighted by Gasteiger charge is 2.30. The highest BCUT2D eigenvalue weighted by molar-refractivity contribution is 5.88. The lowest BCUT2D eigenvalue weighted by molar-refractivity contribution is -0.142. The molecule has 3 rings (SSSR count). The molecule has 2 amide bonds. The molecule has 5 nitrogen and oxygen atoms in total. The molecule has 0 radical (unpaired) electrons. The zero-order valence-corrected chi connectivity index (χ0v) is 21.2. The Morgan fingerprint density at radius 1 is 0.857 bits per heavy atom. The van der Waals surface area contributed by atoms with Gasteiger partial charge in [0.1, 0.15) is 11.8 Å². The predicted octanol–water partition coefficient (Wildman–Crippen LogP) is 5.09. The Morgan fingerprint density at radius 2 is 1.51 bits per heavy atom. The molecule has 35 heavy (non-hydrogen) atoms. The number of amides is 2. The highest BCUT2D eigenvalue weighted by atomic mass is 16.5. The first-order valence-corrected chi connectivity index (χ1v) is 12.2. The standard InChI is InChI=1S/C30H36N2O3/c1-22(2)19-31-30(34)28(18-25-12-6-5-7-13-25)32(20-26-14-8-10-23(3)16-26)29(33)21-35-27-15-9-11-24(4)17-27/h5-17,22,28H,18-21H2,1-4H3,(H,31,34)/t28-/m0/s1. The van der Waals surface area contributed by atoms with Gasteiger partial charge in [-0.2, -0.15) is 0 Å². The van der Waals surface area contributed by atoms with Gasteiger partial charge in [0.25, 0.3) is 5.91 Å². The SMILES string of the molecule is Cc1cccc(CN(C(=O)COc2cccc(C)c2)[C@@H](Cc2ccccc2)C(=O)NCC(C)C)c1. The number of hydrogen-bond acceptors (Lipinski definition) is 3. The lowest BCUT2D eigenvalue weighted by Crippen LogP contribution is -2.52. The predicted molar refractivity (Wildman–Crippen MR) is 140 cm³/mol. The highest BCUT2D eigenvalue weighted by Crippen LogP contribution is 2.17. The van der Waals surface area contributed by atoms with E-state index in [1.54, 1.807) is 4.90 Å². The summed E-state index contributed by atoms with van der Waals surface area (Å²) in [6.07, 6.45) is 0.423. The Kier molecular flexibility index (Phi) is 9.47.